The summed E-state index contributed by atoms with van der Waals surface area (Å²) in [6.45, 7) is 9.98. The van der Waals surface area contributed by atoms with Crippen LogP contribution in [-0.2, 0) is 6.42 Å². The van der Waals surface area contributed by atoms with Crippen LogP contribution in [-0.4, -0.2) is 23.4 Å². The first-order valence-corrected chi connectivity index (χ1v) is 6.71. The largest absolute Gasteiger partial charge is 0.319 e. The maximum atomic E-state index is 4.63. The Morgan fingerprint density at radius 1 is 1.29 bits per heavy atom. The van der Waals surface area contributed by atoms with Gasteiger partial charge in [-0.2, -0.15) is 5.10 Å². The van der Waals surface area contributed by atoms with E-state index in [0.717, 1.165) is 18.9 Å². The summed E-state index contributed by atoms with van der Waals surface area (Å²) in [6, 6.07) is 2.61. The molecule has 3 nitrogen and oxygen atoms in total. The van der Waals surface area contributed by atoms with Crippen molar-refractivity contribution in [3.8, 4) is 0 Å². The van der Waals surface area contributed by atoms with Gasteiger partial charge in [-0.1, -0.05) is 13.8 Å². The fourth-order valence-electron chi connectivity index (χ4n) is 2.26. The van der Waals surface area contributed by atoms with Crippen molar-refractivity contribution in [1.29, 1.82) is 0 Å². The van der Waals surface area contributed by atoms with Gasteiger partial charge in [-0.05, 0) is 58.2 Å². The van der Waals surface area contributed by atoms with Crippen molar-refractivity contribution in [3.63, 3.8) is 0 Å². The molecule has 0 saturated carbocycles. The Balaban J connectivity index is 2.58. The van der Waals surface area contributed by atoms with Crippen LogP contribution in [0.2, 0.25) is 0 Å². The van der Waals surface area contributed by atoms with Crippen LogP contribution in [0.5, 0.6) is 0 Å². The van der Waals surface area contributed by atoms with Gasteiger partial charge in [-0.15, -0.1) is 0 Å². The molecule has 0 aliphatic rings. The van der Waals surface area contributed by atoms with E-state index in [2.05, 4.69) is 50.4 Å². The van der Waals surface area contributed by atoms with E-state index < -0.39 is 0 Å². The first-order valence-electron chi connectivity index (χ1n) is 6.71. The van der Waals surface area contributed by atoms with Crippen molar-refractivity contribution in [2.45, 2.75) is 46.6 Å². The van der Waals surface area contributed by atoms with E-state index in [4.69, 9.17) is 0 Å². The van der Waals surface area contributed by atoms with Gasteiger partial charge in [0.1, 0.15) is 0 Å². The van der Waals surface area contributed by atoms with Gasteiger partial charge in [0, 0.05) is 12.2 Å². The first kappa shape index (κ1) is 14.2. The molecule has 1 unspecified atom stereocenters. The second-order valence-corrected chi connectivity index (χ2v) is 5.64. The first-order chi connectivity index (χ1) is 8.02. The third-order valence-electron chi connectivity index (χ3n) is 2.99. The number of hydrogen-bond acceptors (Lipinski definition) is 2. The molecule has 1 atom stereocenters. The van der Waals surface area contributed by atoms with E-state index >= 15 is 0 Å². The Kier molecular flexibility index (Phi) is 5.69. The highest BCUT2D eigenvalue weighted by molar-refractivity contribution is 5.01. The third-order valence-corrected chi connectivity index (χ3v) is 2.99. The Morgan fingerprint density at radius 2 is 2.00 bits per heavy atom. The van der Waals surface area contributed by atoms with E-state index in [1.165, 1.54) is 12.1 Å². The van der Waals surface area contributed by atoms with Gasteiger partial charge < -0.3 is 5.32 Å². The molecule has 0 bridgehead atoms. The maximum absolute atomic E-state index is 4.63. The summed E-state index contributed by atoms with van der Waals surface area (Å²) >= 11 is 0. The molecule has 0 spiro atoms. The van der Waals surface area contributed by atoms with E-state index in [9.17, 15) is 0 Å². The van der Waals surface area contributed by atoms with Crippen molar-refractivity contribution in [2.75, 3.05) is 13.6 Å². The second-order valence-electron chi connectivity index (χ2n) is 5.64. The Morgan fingerprint density at radius 3 is 2.47 bits per heavy atom. The van der Waals surface area contributed by atoms with Crippen molar-refractivity contribution in [1.82, 2.24) is 15.1 Å². The van der Waals surface area contributed by atoms with E-state index in [0.29, 0.717) is 12.0 Å². The minimum Gasteiger partial charge on any atom is -0.319 e. The summed E-state index contributed by atoms with van der Waals surface area (Å²) in [5.41, 5.74) is 1.22. The van der Waals surface area contributed by atoms with Gasteiger partial charge in [-0.3, -0.25) is 4.68 Å². The average molecular weight is 237 g/mol. The van der Waals surface area contributed by atoms with E-state index in [1.807, 2.05) is 11.7 Å². The second kappa shape index (κ2) is 6.80. The SMILES string of the molecule is CNCC(Cc1ccn(C(C)C)n1)CC(C)C. The molecular formula is C14H27N3. The molecule has 1 heterocycles. The lowest BCUT2D eigenvalue weighted by molar-refractivity contribution is 0.389. The predicted octanol–water partition coefficient (Wildman–Crippen LogP) is 2.89. The van der Waals surface area contributed by atoms with Crippen LogP contribution in [0.25, 0.3) is 0 Å². The molecule has 0 aromatic carbocycles. The molecular weight excluding hydrogens is 210 g/mol. The van der Waals surface area contributed by atoms with Crippen LogP contribution in [0.1, 0.15) is 45.9 Å². The Bertz CT molecular complexity index is 315. The van der Waals surface area contributed by atoms with Crippen LogP contribution < -0.4 is 5.32 Å². The Hall–Kier alpha value is -0.830. The molecule has 1 N–H and O–H groups in total. The molecule has 0 aliphatic heterocycles. The molecule has 3 heteroatoms. The summed E-state index contributed by atoms with van der Waals surface area (Å²) in [7, 11) is 2.03. The van der Waals surface area contributed by atoms with Crippen LogP contribution in [0.15, 0.2) is 12.3 Å². The van der Waals surface area contributed by atoms with Crippen LogP contribution in [0.3, 0.4) is 0 Å². The zero-order valence-electron chi connectivity index (χ0n) is 11.9. The van der Waals surface area contributed by atoms with Gasteiger partial charge in [0.25, 0.3) is 0 Å². The highest BCUT2D eigenvalue weighted by atomic mass is 15.3. The average Bonchev–Trinajstić information content (AvgIpc) is 2.65. The number of rotatable bonds is 7. The summed E-state index contributed by atoms with van der Waals surface area (Å²) in [4.78, 5) is 0. The molecule has 17 heavy (non-hydrogen) atoms. The lowest BCUT2D eigenvalue weighted by Crippen LogP contribution is -2.22. The molecule has 1 aromatic heterocycles. The normalized spacial score (nSPS) is 13.6. The smallest absolute Gasteiger partial charge is 0.0627 e. The van der Waals surface area contributed by atoms with Crippen molar-refractivity contribution < 1.29 is 0 Å². The van der Waals surface area contributed by atoms with Gasteiger partial charge in [0.15, 0.2) is 0 Å². The van der Waals surface area contributed by atoms with E-state index in [-0.39, 0.29) is 0 Å². The summed E-state index contributed by atoms with van der Waals surface area (Å²) in [6.07, 6.45) is 4.43. The van der Waals surface area contributed by atoms with Crippen LogP contribution in [0, 0.1) is 11.8 Å². The molecule has 0 aliphatic carbocycles. The maximum Gasteiger partial charge on any atom is 0.0627 e. The van der Waals surface area contributed by atoms with Crippen molar-refractivity contribution in [3.05, 3.63) is 18.0 Å². The number of aromatic nitrogens is 2. The molecule has 1 rings (SSSR count). The van der Waals surface area contributed by atoms with Gasteiger partial charge in [-0.25, -0.2) is 0 Å². The van der Waals surface area contributed by atoms with Gasteiger partial charge >= 0.3 is 0 Å². The lowest BCUT2D eigenvalue weighted by atomic mass is 9.93. The van der Waals surface area contributed by atoms with Crippen molar-refractivity contribution >= 4 is 0 Å². The van der Waals surface area contributed by atoms with Crippen molar-refractivity contribution in [2.24, 2.45) is 11.8 Å². The van der Waals surface area contributed by atoms with Gasteiger partial charge in [0.05, 0.1) is 5.69 Å². The summed E-state index contributed by atoms with van der Waals surface area (Å²) in [5.74, 6) is 1.44. The van der Waals surface area contributed by atoms with E-state index in [1.54, 1.807) is 0 Å². The zero-order chi connectivity index (χ0) is 12.8. The predicted molar refractivity (Wildman–Crippen MR) is 73.2 cm³/mol. The number of nitrogens with zero attached hydrogens (tertiary/aromatic N) is 2. The standard InChI is InChI=1S/C14H27N3/c1-11(2)8-13(10-15-5)9-14-6-7-17(16-14)12(3)4/h6-7,11-13,15H,8-10H2,1-5H3. The summed E-state index contributed by atoms with van der Waals surface area (Å²) in [5, 5.41) is 7.92. The third kappa shape index (κ3) is 4.90. The Labute approximate surface area is 106 Å². The van der Waals surface area contributed by atoms with Gasteiger partial charge in [0.2, 0.25) is 0 Å². The highest BCUT2D eigenvalue weighted by Gasteiger charge is 2.13. The fraction of sp³-hybridized carbons (Fsp3) is 0.786. The quantitative estimate of drug-likeness (QED) is 0.790. The molecule has 0 radical (unpaired) electrons. The molecule has 1 aromatic rings. The zero-order valence-corrected chi connectivity index (χ0v) is 11.9. The molecule has 98 valence electrons. The lowest BCUT2D eigenvalue weighted by Gasteiger charge is -2.17. The molecule has 0 fully saturated rings. The monoisotopic (exact) mass is 237 g/mol. The van der Waals surface area contributed by atoms with Crippen LogP contribution in [0.4, 0.5) is 0 Å². The fourth-order valence-corrected chi connectivity index (χ4v) is 2.26. The number of nitrogens with one attached hydrogen (secondary N) is 1. The number of hydrogen-bond donors (Lipinski definition) is 1. The minimum absolute atomic E-state index is 0.455. The minimum atomic E-state index is 0.455. The highest BCUT2D eigenvalue weighted by Crippen LogP contribution is 2.16. The molecule has 0 amide bonds. The van der Waals surface area contributed by atoms with Crippen LogP contribution >= 0.6 is 0 Å². The summed E-state index contributed by atoms with van der Waals surface area (Å²) < 4.78 is 2.04. The topological polar surface area (TPSA) is 29.9 Å². The molecule has 0 saturated heterocycles.